The van der Waals surface area contributed by atoms with Gasteiger partial charge in [-0.1, -0.05) is 6.92 Å². The van der Waals surface area contributed by atoms with Crippen molar-refractivity contribution in [3.8, 4) is 0 Å². The zero-order valence-electron chi connectivity index (χ0n) is 11.6. The maximum Gasteiger partial charge on any atom is 0.264 e. The van der Waals surface area contributed by atoms with Crippen LogP contribution in [0.25, 0.3) is 0 Å². The van der Waals surface area contributed by atoms with E-state index < -0.39 is 19.8 Å². The van der Waals surface area contributed by atoms with Crippen molar-refractivity contribution >= 4 is 31.3 Å². The van der Waals surface area contributed by atoms with Gasteiger partial charge in [0, 0.05) is 22.3 Å². The summed E-state index contributed by atoms with van der Waals surface area (Å²) in [5.41, 5.74) is 0.236. The minimum atomic E-state index is -4.12. The first-order valence-electron chi connectivity index (χ1n) is 6.82. The van der Waals surface area contributed by atoms with Crippen LogP contribution in [0, 0.1) is 17.7 Å². The Morgan fingerprint density at radius 3 is 2.43 bits per heavy atom. The lowest BCUT2D eigenvalue weighted by molar-refractivity contribution is -0.121. The first-order chi connectivity index (χ1) is 9.77. The van der Waals surface area contributed by atoms with Crippen LogP contribution in [0.4, 0.5) is 10.1 Å². The van der Waals surface area contributed by atoms with Crippen LogP contribution in [0.5, 0.6) is 0 Å². The molecule has 0 aromatic heterocycles. The molecule has 0 bridgehead atoms. The van der Waals surface area contributed by atoms with Crippen LogP contribution in [0.15, 0.2) is 23.1 Å². The Hall–Kier alpha value is -1.14. The van der Waals surface area contributed by atoms with E-state index in [1.807, 2.05) is 0 Å². The largest absolute Gasteiger partial charge is 0.326 e. The SMILES string of the molecule is CC1CCC(C(=O)Nc2ccc(S(=O)(=O)Cl)c(F)c2)CC1. The number of nitrogens with one attached hydrogen (secondary N) is 1. The zero-order chi connectivity index (χ0) is 15.6. The van der Waals surface area contributed by atoms with Crippen LogP contribution in [-0.4, -0.2) is 14.3 Å². The second-order valence-corrected chi connectivity index (χ2v) is 8.06. The Labute approximate surface area is 128 Å². The molecule has 0 spiro atoms. The monoisotopic (exact) mass is 333 g/mol. The van der Waals surface area contributed by atoms with Gasteiger partial charge in [-0.2, -0.15) is 0 Å². The third-order valence-corrected chi connectivity index (χ3v) is 5.20. The molecule has 0 radical (unpaired) electrons. The lowest BCUT2D eigenvalue weighted by atomic mass is 9.82. The quantitative estimate of drug-likeness (QED) is 0.861. The van der Waals surface area contributed by atoms with Crippen LogP contribution in [-0.2, 0) is 13.8 Å². The number of amides is 1. The molecule has 1 fully saturated rings. The lowest BCUT2D eigenvalue weighted by Crippen LogP contribution is -2.26. The van der Waals surface area contributed by atoms with E-state index in [-0.39, 0.29) is 17.5 Å². The number of halogens is 2. The maximum absolute atomic E-state index is 13.7. The van der Waals surface area contributed by atoms with Crippen molar-refractivity contribution in [1.82, 2.24) is 0 Å². The first-order valence-corrected chi connectivity index (χ1v) is 9.13. The Morgan fingerprint density at radius 1 is 1.29 bits per heavy atom. The Bertz CT molecular complexity index is 640. The molecule has 116 valence electrons. The van der Waals surface area contributed by atoms with Gasteiger partial charge in [0.15, 0.2) is 0 Å². The van der Waals surface area contributed by atoms with Crippen LogP contribution in [0.1, 0.15) is 32.6 Å². The Balaban J connectivity index is 2.07. The van der Waals surface area contributed by atoms with Crippen LogP contribution in [0.3, 0.4) is 0 Å². The van der Waals surface area contributed by atoms with Crippen molar-refractivity contribution in [3.05, 3.63) is 24.0 Å². The predicted molar refractivity (Wildman–Crippen MR) is 79.2 cm³/mol. The number of carbonyl (C=O) groups is 1. The van der Waals surface area contributed by atoms with Gasteiger partial charge >= 0.3 is 0 Å². The molecule has 0 atom stereocenters. The standard InChI is InChI=1S/C14H17ClFNO3S/c1-9-2-4-10(5-3-9)14(18)17-11-6-7-13(12(16)8-11)21(15,19)20/h6-10H,2-5H2,1H3,(H,17,18). The molecule has 7 heteroatoms. The number of benzene rings is 1. The van der Waals surface area contributed by atoms with Crippen molar-refractivity contribution in [1.29, 1.82) is 0 Å². The first kappa shape index (κ1) is 16.2. The maximum atomic E-state index is 13.7. The smallest absolute Gasteiger partial charge is 0.264 e. The summed E-state index contributed by atoms with van der Waals surface area (Å²) >= 11 is 0. The summed E-state index contributed by atoms with van der Waals surface area (Å²) in [6.07, 6.45) is 3.67. The van der Waals surface area contributed by atoms with E-state index in [9.17, 15) is 17.6 Å². The van der Waals surface area contributed by atoms with Crippen molar-refractivity contribution in [2.75, 3.05) is 5.32 Å². The Kier molecular flexibility index (Phi) is 4.88. The highest BCUT2D eigenvalue weighted by Crippen LogP contribution is 2.29. The highest BCUT2D eigenvalue weighted by atomic mass is 35.7. The molecule has 1 aromatic rings. The topological polar surface area (TPSA) is 63.2 Å². The van der Waals surface area contributed by atoms with Crippen LogP contribution < -0.4 is 5.32 Å². The van der Waals surface area contributed by atoms with Gasteiger partial charge in [0.2, 0.25) is 5.91 Å². The van der Waals surface area contributed by atoms with Crippen molar-refractivity contribution < 1.29 is 17.6 Å². The van der Waals surface area contributed by atoms with E-state index in [2.05, 4.69) is 12.2 Å². The average Bonchev–Trinajstić information content (AvgIpc) is 2.37. The molecule has 0 heterocycles. The molecule has 21 heavy (non-hydrogen) atoms. The van der Waals surface area contributed by atoms with Gasteiger partial charge < -0.3 is 5.32 Å². The minimum absolute atomic E-state index is 0.0688. The van der Waals surface area contributed by atoms with E-state index >= 15 is 0 Å². The normalized spacial score (nSPS) is 22.8. The molecule has 1 aliphatic carbocycles. The van der Waals surface area contributed by atoms with E-state index in [0.29, 0.717) is 5.92 Å². The number of carbonyl (C=O) groups excluding carboxylic acids is 1. The molecule has 0 saturated heterocycles. The summed E-state index contributed by atoms with van der Waals surface area (Å²) in [6, 6.07) is 3.36. The van der Waals surface area contributed by atoms with Gasteiger partial charge in [-0.05, 0) is 49.8 Å². The summed E-state index contributed by atoms with van der Waals surface area (Å²) in [7, 11) is 0.981. The molecule has 0 aliphatic heterocycles. The molecule has 4 nitrogen and oxygen atoms in total. The van der Waals surface area contributed by atoms with Crippen molar-refractivity contribution in [3.63, 3.8) is 0 Å². The van der Waals surface area contributed by atoms with E-state index in [4.69, 9.17) is 10.7 Å². The van der Waals surface area contributed by atoms with Crippen LogP contribution in [0.2, 0.25) is 0 Å². The van der Waals surface area contributed by atoms with Crippen molar-refractivity contribution in [2.24, 2.45) is 11.8 Å². The lowest BCUT2D eigenvalue weighted by Gasteiger charge is -2.25. The molecule has 1 aliphatic rings. The number of hydrogen-bond acceptors (Lipinski definition) is 3. The molecule has 1 aromatic carbocycles. The number of rotatable bonds is 3. The molecule has 1 amide bonds. The summed E-state index contributed by atoms with van der Waals surface area (Å²) in [4.78, 5) is 11.5. The van der Waals surface area contributed by atoms with E-state index in [0.717, 1.165) is 37.8 Å². The summed E-state index contributed by atoms with van der Waals surface area (Å²) in [5, 5.41) is 2.63. The van der Waals surface area contributed by atoms with Gasteiger partial charge in [-0.3, -0.25) is 4.79 Å². The van der Waals surface area contributed by atoms with Gasteiger partial charge in [-0.15, -0.1) is 0 Å². The third-order valence-electron chi connectivity index (χ3n) is 3.85. The summed E-state index contributed by atoms with van der Waals surface area (Å²) in [6.45, 7) is 2.16. The predicted octanol–water partition coefficient (Wildman–Crippen LogP) is 3.52. The highest BCUT2D eigenvalue weighted by Gasteiger charge is 2.24. The average molecular weight is 334 g/mol. The molecule has 1 saturated carbocycles. The highest BCUT2D eigenvalue weighted by molar-refractivity contribution is 8.13. The fraction of sp³-hybridized carbons (Fsp3) is 0.500. The van der Waals surface area contributed by atoms with Gasteiger partial charge in [-0.25, -0.2) is 12.8 Å². The third kappa shape index (κ3) is 4.17. The molecule has 2 rings (SSSR count). The van der Waals surface area contributed by atoms with Crippen molar-refractivity contribution in [2.45, 2.75) is 37.5 Å². The van der Waals surface area contributed by atoms with Gasteiger partial charge in [0.05, 0.1) is 0 Å². The second kappa shape index (κ2) is 6.32. The summed E-state index contributed by atoms with van der Waals surface area (Å²) < 4.78 is 35.9. The second-order valence-electron chi connectivity index (χ2n) is 5.53. The summed E-state index contributed by atoms with van der Waals surface area (Å²) in [5.74, 6) is -0.553. The van der Waals surface area contributed by atoms with Gasteiger partial charge in [0.1, 0.15) is 10.7 Å². The molecule has 0 unspecified atom stereocenters. The van der Waals surface area contributed by atoms with E-state index in [1.165, 1.54) is 6.07 Å². The Morgan fingerprint density at radius 2 is 1.90 bits per heavy atom. The molecular formula is C14H17ClFNO3S. The number of anilines is 1. The zero-order valence-corrected chi connectivity index (χ0v) is 13.2. The van der Waals surface area contributed by atoms with Crippen LogP contribution >= 0.6 is 10.7 Å². The fourth-order valence-corrected chi connectivity index (χ4v) is 3.44. The fourth-order valence-electron chi connectivity index (χ4n) is 2.54. The minimum Gasteiger partial charge on any atom is -0.326 e. The van der Waals surface area contributed by atoms with Gasteiger partial charge in [0.25, 0.3) is 9.05 Å². The van der Waals surface area contributed by atoms with E-state index in [1.54, 1.807) is 0 Å². The molecule has 1 N–H and O–H groups in total. The number of hydrogen-bond donors (Lipinski definition) is 1. The molecular weight excluding hydrogens is 317 g/mol.